The van der Waals surface area contributed by atoms with Crippen molar-refractivity contribution < 1.29 is 33.3 Å². The molecule has 1 amide bonds. The molecule has 1 unspecified atom stereocenters. The second-order valence-electron chi connectivity index (χ2n) is 11.1. The van der Waals surface area contributed by atoms with Gasteiger partial charge in [0.05, 0.1) is 0 Å². The lowest BCUT2D eigenvalue weighted by Crippen LogP contribution is -2.42. The van der Waals surface area contributed by atoms with E-state index in [0.717, 1.165) is 31.2 Å². The fraction of sp³-hybridized carbons (Fsp3) is 0.690. The minimum absolute atomic E-state index is 0.137. The molecular weight excluding hydrogens is 505 g/mol. The van der Waals surface area contributed by atoms with Crippen LogP contribution in [0.15, 0.2) is 30.3 Å². The molecule has 9 heteroatoms. The molecule has 0 bridgehead atoms. The maximum atomic E-state index is 14.2. The molecule has 1 saturated carbocycles. The highest BCUT2D eigenvalue weighted by atomic mass is 31.2. The van der Waals surface area contributed by atoms with Gasteiger partial charge in [-0.2, -0.15) is 0 Å². The molecule has 2 aliphatic rings. The molecule has 1 N–H and O–H groups in total. The number of nitrogens with zero attached hydrogens (tertiary/aromatic N) is 1. The molecular formula is C29H44NO7P. The Morgan fingerprint density at radius 1 is 1.08 bits per heavy atom. The van der Waals surface area contributed by atoms with E-state index in [1.54, 1.807) is 20.8 Å². The Hall–Kier alpha value is -2.18. The van der Waals surface area contributed by atoms with Gasteiger partial charge in [-0.1, -0.05) is 83.2 Å². The Morgan fingerprint density at radius 2 is 1.76 bits per heavy atom. The lowest BCUT2D eigenvalue weighted by atomic mass is 9.79. The number of aryl methyl sites for hydroxylation is 1. The molecule has 0 aromatic heterocycles. The maximum absolute atomic E-state index is 14.2. The first kappa shape index (κ1) is 30.4. The van der Waals surface area contributed by atoms with Crippen molar-refractivity contribution in [2.24, 2.45) is 17.8 Å². The summed E-state index contributed by atoms with van der Waals surface area (Å²) in [5.74, 6) is -1.63. The summed E-state index contributed by atoms with van der Waals surface area (Å²) < 4.78 is 25.6. The topological polar surface area (TPSA) is 110 Å². The predicted octanol–water partition coefficient (Wildman–Crippen LogP) is 5.73. The summed E-state index contributed by atoms with van der Waals surface area (Å²) in [5.41, 5.74) is 1.09. The third-order valence-electron chi connectivity index (χ3n) is 7.82. The summed E-state index contributed by atoms with van der Waals surface area (Å²) in [6.07, 6.45) is 6.11. The summed E-state index contributed by atoms with van der Waals surface area (Å²) in [6.45, 7) is 5.66. The lowest BCUT2D eigenvalue weighted by Gasteiger charge is -2.30. The van der Waals surface area contributed by atoms with E-state index in [1.807, 2.05) is 30.3 Å². The maximum Gasteiger partial charge on any atom is 0.326 e. The number of carboxylic acid groups (broad SMARTS) is 1. The second-order valence-corrected chi connectivity index (χ2v) is 13.7. The molecule has 1 aliphatic carbocycles. The molecule has 1 aromatic carbocycles. The van der Waals surface area contributed by atoms with E-state index >= 15 is 0 Å². The minimum atomic E-state index is -3.61. The highest BCUT2D eigenvalue weighted by Gasteiger charge is 2.44. The van der Waals surface area contributed by atoms with Crippen molar-refractivity contribution in [3.63, 3.8) is 0 Å². The predicted molar refractivity (Wildman–Crippen MR) is 146 cm³/mol. The third-order valence-corrected chi connectivity index (χ3v) is 10.2. The van der Waals surface area contributed by atoms with E-state index in [-0.39, 0.29) is 24.4 Å². The second kappa shape index (κ2) is 14.3. The van der Waals surface area contributed by atoms with Gasteiger partial charge >= 0.3 is 11.9 Å². The largest absolute Gasteiger partial charge is 0.480 e. The summed E-state index contributed by atoms with van der Waals surface area (Å²) >= 11 is 0. The number of hydrogen-bond acceptors (Lipinski definition) is 6. The molecule has 2 fully saturated rings. The molecule has 1 heterocycles. The molecule has 3 rings (SSSR count). The summed E-state index contributed by atoms with van der Waals surface area (Å²) in [6, 6.07) is 8.88. The van der Waals surface area contributed by atoms with E-state index in [1.165, 1.54) is 11.3 Å². The summed E-state index contributed by atoms with van der Waals surface area (Å²) in [4.78, 5) is 39.1. The zero-order valence-corrected chi connectivity index (χ0v) is 23.9. The SMILES string of the molecule is CCC(=O)O[C@H](OP(=O)(CCCc1ccccc1)CC(=O)N1C[C@H](C2CCCCC2)C[C@H]1C(=O)O)C(C)C. The van der Waals surface area contributed by atoms with Gasteiger partial charge in [0, 0.05) is 25.0 Å². The molecule has 8 nitrogen and oxygen atoms in total. The van der Waals surface area contributed by atoms with E-state index in [9.17, 15) is 24.1 Å². The Bertz CT molecular complexity index is 976. The molecule has 38 heavy (non-hydrogen) atoms. The molecule has 1 aliphatic heterocycles. The lowest BCUT2D eigenvalue weighted by molar-refractivity contribution is -0.169. The van der Waals surface area contributed by atoms with Gasteiger partial charge in [-0.3, -0.25) is 18.7 Å². The molecule has 0 radical (unpaired) electrons. The Balaban J connectivity index is 1.76. The fourth-order valence-electron chi connectivity index (χ4n) is 5.64. The number of hydrogen-bond donors (Lipinski definition) is 1. The highest BCUT2D eigenvalue weighted by molar-refractivity contribution is 7.59. The number of esters is 1. The number of amides is 1. The molecule has 4 atom stereocenters. The number of carbonyl (C=O) groups excluding carboxylic acids is 2. The van der Waals surface area contributed by atoms with Crippen LogP contribution in [0.1, 0.15) is 77.7 Å². The number of benzene rings is 1. The quantitative estimate of drug-likeness (QED) is 0.190. The van der Waals surface area contributed by atoms with Gasteiger partial charge in [-0.25, -0.2) is 4.79 Å². The number of carboxylic acids is 1. The Kier molecular flexibility index (Phi) is 11.4. The summed E-state index contributed by atoms with van der Waals surface area (Å²) in [5, 5.41) is 9.91. The normalized spacial score (nSPS) is 22.7. The van der Waals surface area contributed by atoms with Gasteiger partial charge in [0.25, 0.3) is 0 Å². The van der Waals surface area contributed by atoms with Gasteiger partial charge in [0.15, 0.2) is 0 Å². The van der Waals surface area contributed by atoms with Crippen molar-refractivity contribution in [1.82, 2.24) is 4.90 Å². The smallest absolute Gasteiger partial charge is 0.326 e. The van der Waals surface area contributed by atoms with Crippen molar-refractivity contribution in [1.29, 1.82) is 0 Å². The minimum Gasteiger partial charge on any atom is -0.480 e. The van der Waals surface area contributed by atoms with Crippen molar-refractivity contribution >= 4 is 25.2 Å². The Morgan fingerprint density at radius 3 is 2.37 bits per heavy atom. The van der Waals surface area contributed by atoms with Crippen LogP contribution in [0.4, 0.5) is 0 Å². The average molecular weight is 550 g/mol. The molecule has 0 spiro atoms. The average Bonchev–Trinajstić information content (AvgIpc) is 3.36. The van der Waals surface area contributed by atoms with Gasteiger partial charge in [-0.15, -0.1) is 0 Å². The van der Waals surface area contributed by atoms with E-state index in [4.69, 9.17) is 9.26 Å². The van der Waals surface area contributed by atoms with Crippen LogP contribution in [0.25, 0.3) is 0 Å². The number of carbonyl (C=O) groups is 3. The van der Waals surface area contributed by atoms with Gasteiger partial charge < -0.3 is 14.7 Å². The van der Waals surface area contributed by atoms with Crippen LogP contribution >= 0.6 is 7.37 Å². The monoisotopic (exact) mass is 549 g/mol. The van der Waals surface area contributed by atoms with Crippen LogP contribution in [0.3, 0.4) is 0 Å². The zero-order chi connectivity index (χ0) is 27.7. The first-order chi connectivity index (χ1) is 18.1. The van der Waals surface area contributed by atoms with Crippen LogP contribution in [-0.2, 0) is 34.6 Å². The number of aliphatic carboxylic acids is 1. The zero-order valence-electron chi connectivity index (χ0n) is 23.0. The van der Waals surface area contributed by atoms with E-state index < -0.39 is 43.7 Å². The first-order valence-corrected chi connectivity index (χ1v) is 16.1. The standard InChI is InChI=1S/C29H44NO7P/c1-4-27(32)36-29(21(2)3)37-38(35,17-11-14-22-12-7-5-8-13-22)20-26(31)30-19-24(18-25(30)28(33)34)23-15-9-6-10-16-23/h5,7-8,12-13,21,23-25,29H,4,6,9-11,14-20H2,1-3H3,(H,33,34)/t24-,25+,29-,38?/m1/s1. The number of ether oxygens (including phenoxy) is 1. The molecule has 1 aromatic rings. The Labute approximate surface area is 226 Å². The van der Waals surface area contributed by atoms with E-state index in [0.29, 0.717) is 31.7 Å². The molecule has 1 saturated heterocycles. The van der Waals surface area contributed by atoms with Crippen molar-refractivity contribution in [3.05, 3.63) is 35.9 Å². The van der Waals surface area contributed by atoms with Crippen LogP contribution in [0, 0.1) is 17.8 Å². The van der Waals surface area contributed by atoms with Crippen LogP contribution < -0.4 is 0 Å². The van der Waals surface area contributed by atoms with Crippen LogP contribution in [0.2, 0.25) is 0 Å². The molecule has 212 valence electrons. The number of rotatable bonds is 13. The van der Waals surface area contributed by atoms with Crippen molar-refractivity contribution in [3.8, 4) is 0 Å². The van der Waals surface area contributed by atoms with Crippen LogP contribution in [0.5, 0.6) is 0 Å². The van der Waals surface area contributed by atoms with Crippen molar-refractivity contribution in [2.45, 2.75) is 90.9 Å². The fourth-order valence-corrected chi connectivity index (χ4v) is 7.88. The first-order valence-electron chi connectivity index (χ1n) is 14.1. The number of likely N-dealkylation sites (tertiary alicyclic amines) is 1. The van der Waals surface area contributed by atoms with Gasteiger partial charge in [0.1, 0.15) is 12.2 Å². The highest BCUT2D eigenvalue weighted by Crippen LogP contribution is 2.51. The van der Waals surface area contributed by atoms with Crippen molar-refractivity contribution in [2.75, 3.05) is 18.9 Å². The third kappa shape index (κ3) is 8.67. The van der Waals surface area contributed by atoms with Gasteiger partial charge in [-0.05, 0) is 36.7 Å². The van der Waals surface area contributed by atoms with Crippen LogP contribution in [-0.4, -0.2) is 59.1 Å². The summed E-state index contributed by atoms with van der Waals surface area (Å²) in [7, 11) is -3.61. The van der Waals surface area contributed by atoms with E-state index in [2.05, 4.69) is 0 Å². The van der Waals surface area contributed by atoms with Gasteiger partial charge in [0.2, 0.25) is 19.6 Å².